The minimum atomic E-state index is -4.59. The molecular weight excluding hydrogens is 573 g/mol. The molecule has 0 aliphatic heterocycles. The van der Waals surface area contributed by atoms with E-state index in [1.165, 1.54) is 54.6 Å². The molecule has 3 aromatic carbocycles. The first kappa shape index (κ1) is 26.3. The Bertz CT molecular complexity index is 1450. The van der Waals surface area contributed by atoms with E-state index in [9.17, 15) is 31.6 Å². The number of rotatable bonds is 6. The molecule has 0 fully saturated rings. The van der Waals surface area contributed by atoms with E-state index < -0.39 is 33.3 Å². The van der Waals surface area contributed by atoms with Crippen molar-refractivity contribution in [3.8, 4) is 11.8 Å². The molecule has 180 valence electrons. The van der Waals surface area contributed by atoms with Crippen molar-refractivity contribution < 1.29 is 30.6 Å². The Morgan fingerprint density at radius 3 is 2.37 bits per heavy atom. The topological polar surface area (TPSA) is 96.3 Å². The summed E-state index contributed by atoms with van der Waals surface area (Å²) >= 11 is 8.95. The lowest BCUT2D eigenvalue weighted by molar-refractivity contribution is -0.137. The molecule has 1 amide bonds. The molecule has 6 nitrogen and oxygen atoms in total. The molecule has 0 heterocycles. The molecule has 3 rings (SSSR count). The highest BCUT2D eigenvalue weighted by Crippen LogP contribution is 2.32. The third-order valence-corrected chi connectivity index (χ3v) is 6.50. The number of amides is 1. The average molecular weight is 586 g/mol. The lowest BCUT2D eigenvalue weighted by atomic mass is 10.1. The van der Waals surface area contributed by atoms with Crippen molar-refractivity contribution in [2.75, 3.05) is 5.32 Å². The molecule has 1 N–H and O–H groups in total. The van der Waals surface area contributed by atoms with Crippen LogP contribution in [0.1, 0.15) is 11.1 Å². The van der Waals surface area contributed by atoms with Gasteiger partial charge >= 0.3 is 16.3 Å². The van der Waals surface area contributed by atoms with Gasteiger partial charge in [0.1, 0.15) is 16.5 Å². The summed E-state index contributed by atoms with van der Waals surface area (Å²) in [5.74, 6) is -0.974. The Morgan fingerprint density at radius 1 is 1.09 bits per heavy atom. The van der Waals surface area contributed by atoms with Gasteiger partial charge in [0.25, 0.3) is 5.91 Å². The minimum absolute atomic E-state index is 0.0518. The SMILES string of the molecule is N#C/C(=C\c1ccc(OS(=O)(=O)c2ccc(Cl)cc2)c(Br)c1)C(=O)Nc1cccc(C(F)(F)F)c1. The van der Waals surface area contributed by atoms with Gasteiger partial charge in [0.2, 0.25) is 0 Å². The van der Waals surface area contributed by atoms with Crippen LogP contribution in [0, 0.1) is 11.3 Å². The largest absolute Gasteiger partial charge is 0.416 e. The Labute approximate surface area is 211 Å². The first-order chi connectivity index (χ1) is 16.4. The Kier molecular flexibility index (Phi) is 7.90. The smallest absolute Gasteiger partial charge is 0.378 e. The molecule has 0 aliphatic rings. The van der Waals surface area contributed by atoms with Crippen molar-refractivity contribution in [2.45, 2.75) is 11.1 Å². The van der Waals surface area contributed by atoms with Crippen LogP contribution in [0.4, 0.5) is 18.9 Å². The van der Waals surface area contributed by atoms with Crippen LogP contribution in [-0.2, 0) is 21.1 Å². The van der Waals surface area contributed by atoms with Gasteiger partial charge in [-0.15, -0.1) is 0 Å². The second-order valence-corrected chi connectivity index (χ2v) is 9.72. The number of nitrogens with zero attached hydrogens (tertiary/aromatic N) is 1. The third-order valence-electron chi connectivity index (χ3n) is 4.38. The number of nitriles is 1. The van der Waals surface area contributed by atoms with Gasteiger partial charge in [0, 0.05) is 10.7 Å². The molecule has 3 aromatic rings. The van der Waals surface area contributed by atoms with Crippen LogP contribution in [-0.4, -0.2) is 14.3 Å². The van der Waals surface area contributed by atoms with Crippen molar-refractivity contribution in [3.63, 3.8) is 0 Å². The van der Waals surface area contributed by atoms with Crippen molar-refractivity contribution in [1.29, 1.82) is 5.26 Å². The molecule has 0 spiro atoms. The molecular formula is C23H13BrClF3N2O4S. The van der Waals surface area contributed by atoms with Crippen molar-refractivity contribution in [2.24, 2.45) is 0 Å². The van der Waals surface area contributed by atoms with Crippen LogP contribution >= 0.6 is 27.5 Å². The first-order valence-electron chi connectivity index (χ1n) is 9.49. The molecule has 0 saturated carbocycles. The van der Waals surface area contributed by atoms with Gasteiger partial charge in [-0.05, 0) is 82.2 Å². The number of benzene rings is 3. The van der Waals surface area contributed by atoms with Gasteiger partial charge in [-0.1, -0.05) is 23.7 Å². The zero-order valence-electron chi connectivity index (χ0n) is 17.3. The van der Waals surface area contributed by atoms with Crippen LogP contribution in [0.3, 0.4) is 0 Å². The number of hydrogen-bond donors (Lipinski definition) is 1. The summed E-state index contributed by atoms with van der Waals surface area (Å²) < 4.78 is 68.9. The first-order valence-corrected chi connectivity index (χ1v) is 12.1. The molecule has 0 radical (unpaired) electrons. The van der Waals surface area contributed by atoms with E-state index in [0.717, 1.165) is 18.2 Å². The van der Waals surface area contributed by atoms with Crippen LogP contribution in [0.5, 0.6) is 5.75 Å². The monoisotopic (exact) mass is 584 g/mol. The number of halogens is 5. The van der Waals surface area contributed by atoms with Gasteiger partial charge in [0.15, 0.2) is 5.75 Å². The number of alkyl halides is 3. The van der Waals surface area contributed by atoms with E-state index in [4.69, 9.17) is 15.8 Å². The van der Waals surface area contributed by atoms with Crippen LogP contribution < -0.4 is 9.50 Å². The highest BCUT2D eigenvalue weighted by molar-refractivity contribution is 9.10. The fourth-order valence-corrected chi connectivity index (χ4v) is 4.39. The fourth-order valence-electron chi connectivity index (χ4n) is 2.73. The summed E-state index contributed by atoms with van der Waals surface area (Å²) in [5.41, 5.74) is -1.16. The summed E-state index contributed by atoms with van der Waals surface area (Å²) in [7, 11) is -4.16. The van der Waals surface area contributed by atoms with E-state index in [1.54, 1.807) is 6.07 Å². The summed E-state index contributed by atoms with van der Waals surface area (Å²) in [6, 6.07) is 15.1. The number of anilines is 1. The van der Waals surface area contributed by atoms with Crippen molar-refractivity contribution in [3.05, 3.63) is 92.9 Å². The van der Waals surface area contributed by atoms with Gasteiger partial charge in [0.05, 0.1) is 10.0 Å². The van der Waals surface area contributed by atoms with E-state index >= 15 is 0 Å². The third kappa shape index (κ3) is 6.85. The quantitative estimate of drug-likeness (QED) is 0.204. The summed E-state index contributed by atoms with van der Waals surface area (Å²) in [5, 5.41) is 12.0. The molecule has 0 unspecified atom stereocenters. The highest BCUT2D eigenvalue weighted by Gasteiger charge is 2.30. The van der Waals surface area contributed by atoms with Gasteiger partial charge in [-0.25, -0.2) is 0 Å². The lowest BCUT2D eigenvalue weighted by Gasteiger charge is -2.10. The standard InChI is InChI=1S/C23H13BrClF3N2O4S/c24-20-11-14(4-9-21(20)34-35(32,33)19-7-5-17(25)6-8-19)10-15(13-29)22(31)30-18-3-1-2-16(12-18)23(26,27)28/h1-12H,(H,30,31)/b15-10+. The summed E-state index contributed by atoms with van der Waals surface area (Å²) in [6.07, 6.45) is -3.41. The van der Waals surface area contributed by atoms with Gasteiger partial charge in [-0.2, -0.15) is 26.9 Å². The summed E-state index contributed by atoms with van der Waals surface area (Å²) in [4.78, 5) is 12.3. The predicted molar refractivity (Wildman–Crippen MR) is 127 cm³/mol. The number of carbonyl (C=O) groups excluding carboxylic acids is 1. The number of hydrogen-bond acceptors (Lipinski definition) is 5. The second-order valence-electron chi connectivity index (χ2n) is 6.88. The average Bonchev–Trinajstić information content (AvgIpc) is 2.79. The maximum absolute atomic E-state index is 12.9. The Balaban J connectivity index is 1.79. The van der Waals surface area contributed by atoms with E-state index in [0.29, 0.717) is 10.6 Å². The fraction of sp³-hybridized carbons (Fsp3) is 0.0435. The van der Waals surface area contributed by atoms with Crippen LogP contribution in [0.25, 0.3) is 6.08 Å². The minimum Gasteiger partial charge on any atom is -0.378 e. The van der Waals surface area contributed by atoms with Gasteiger partial charge < -0.3 is 9.50 Å². The van der Waals surface area contributed by atoms with Crippen molar-refractivity contribution in [1.82, 2.24) is 0 Å². The van der Waals surface area contributed by atoms with E-state index in [2.05, 4.69) is 21.2 Å². The number of nitrogens with one attached hydrogen (secondary N) is 1. The van der Waals surface area contributed by atoms with Crippen LogP contribution in [0.15, 0.2) is 81.7 Å². The highest BCUT2D eigenvalue weighted by atomic mass is 79.9. The summed E-state index contributed by atoms with van der Waals surface area (Å²) in [6.45, 7) is 0. The molecule has 35 heavy (non-hydrogen) atoms. The molecule has 12 heteroatoms. The molecule has 0 bridgehead atoms. The predicted octanol–water partition coefficient (Wildman–Crippen LogP) is 6.43. The molecule has 0 saturated heterocycles. The molecule has 0 aromatic heterocycles. The zero-order valence-corrected chi connectivity index (χ0v) is 20.5. The van der Waals surface area contributed by atoms with E-state index in [-0.39, 0.29) is 20.8 Å². The lowest BCUT2D eigenvalue weighted by Crippen LogP contribution is -2.14. The maximum atomic E-state index is 12.9. The zero-order chi connectivity index (χ0) is 25.8. The number of carbonyl (C=O) groups is 1. The van der Waals surface area contributed by atoms with Gasteiger partial charge in [-0.3, -0.25) is 4.79 Å². The normalized spacial score (nSPS) is 12.1. The molecule has 0 aliphatic carbocycles. The van der Waals surface area contributed by atoms with Crippen molar-refractivity contribution >= 4 is 55.3 Å². The Morgan fingerprint density at radius 2 is 1.77 bits per heavy atom. The van der Waals surface area contributed by atoms with Crippen LogP contribution in [0.2, 0.25) is 5.02 Å². The second kappa shape index (κ2) is 10.5. The Hall–Kier alpha value is -3.33. The molecule has 0 atom stereocenters. The maximum Gasteiger partial charge on any atom is 0.416 e. The van der Waals surface area contributed by atoms with E-state index in [1.807, 2.05) is 0 Å².